The highest BCUT2D eigenvalue weighted by Gasteiger charge is 2.27. The van der Waals surface area contributed by atoms with Crippen molar-refractivity contribution in [3.63, 3.8) is 0 Å². The zero-order valence-electron chi connectivity index (χ0n) is 21.6. The van der Waals surface area contributed by atoms with E-state index in [1.165, 1.54) is 76.8 Å². The second-order valence-corrected chi connectivity index (χ2v) is 10.5. The van der Waals surface area contributed by atoms with Gasteiger partial charge in [-0.1, -0.05) is 140 Å². The van der Waals surface area contributed by atoms with Gasteiger partial charge in [-0.05, 0) is 89.3 Å². The molecule has 0 aromatic heterocycles. The Labute approximate surface area is 228 Å². The van der Waals surface area contributed by atoms with Crippen molar-refractivity contribution in [2.45, 2.75) is 6.42 Å². The Kier molecular flexibility index (Phi) is 5.00. The van der Waals surface area contributed by atoms with E-state index in [2.05, 4.69) is 146 Å². The lowest BCUT2D eigenvalue weighted by Gasteiger charge is -2.20. The van der Waals surface area contributed by atoms with Crippen molar-refractivity contribution >= 4 is 43.5 Å². The van der Waals surface area contributed by atoms with Crippen molar-refractivity contribution < 1.29 is 0 Å². The van der Waals surface area contributed by atoms with Crippen LogP contribution in [0.1, 0.15) is 22.3 Å². The molecule has 0 aliphatic heterocycles. The fraction of sp³-hybridized carbons (Fsp3) is 0.0256. The smallest absolute Gasteiger partial charge is 0.000727 e. The Balaban J connectivity index is 1.52. The van der Waals surface area contributed by atoms with Gasteiger partial charge in [-0.2, -0.15) is 0 Å². The van der Waals surface area contributed by atoms with Crippen LogP contribution in [0.15, 0.2) is 146 Å². The van der Waals surface area contributed by atoms with Crippen LogP contribution < -0.4 is 0 Å². The van der Waals surface area contributed by atoms with Gasteiger partial charge in [0, 0.05) is 0 Å². The molecule has 0 saturated heterocycles. The highest BCUT2D eigenvalue weighted by atomic mass is 14.3. The van der Waals surface area contributed by atoms with Gasteiger partial charge < -0.3 is 0 Å². The quantitative estimate of drug-likeness (QED) is 0.214. The molecule has 0 fully saturated rings. The Bertz CT molecular complexity index is 2020. The summed E-state index contributed by atoms with van der Waals surface area (Å²) in [4.78, 5) is 0. The van der Waals surface area contributed by atoms with E-state index in [1.807, 2.05) is 0 Å². The third-order valence-corrected chi connectivity index (χ3v) is 8.30. The molecule has 0 N–H and O–H groups in total. The molecule has 1 aliphatic rings. The molecule has 0 heteroatoms. The van der Waals surface area contributed by atoms with Crippen LogP contribution in [-0.4, -0.2) is 0 Å². The minimum Gasteiger partial charge on any atom is -0.0622 e. The Morgan fingerprint density at radius 3 is 1.67 bits per heavy atom. The molecule has 0 nitrogen and oxygen atoms in total. The zero-order valence-corrected chi connectivity index (χ0v) is 21.6. The molecule has 0 saturated carbocycles. The fourth-order valence-corrected chi connectivity index (χ4v) is 6.58. The topological polar surface area (TPSA) is 0 Å². The molecule has 0 unspecified atom stereocenters. The predicted octanol–water partition coefficient (Wildman–Crippen LogP) is 10.3. The third kappa shape index (κ3) is 3.46. The van der Waals surface area contributed by atoms with Crippen molar-refractivity contribution in [3.8, 4) is 11.1 Å². The minimum absolute atomic E-state index is 0.949. The van der Waals surface area contributed by atoms with Gasteiger partial charge in [0.15, 0.2) is 0 Å². The summed E-state index contributed by atoms with van der Waals surface area (Å²) in [5.74, 6) is 0. The first-order valence-electron chi connectivity index (χ1n) is 13.7. The molecule has 0 heterocycles. The predicted molar refractivity (Wildman–Crippen MR) is 167 cm³/mol. The van der Waals surface area contributed by atoms with Crippen LogP contribution in [0.2, 0.25) is 0 Å². The summed E-state index contributed by atoms with van der Waals surface area (Å²) in [5, 5.41) is 7.74. The van der Waals surface area contributed by atoms with Crippen LogP contribution in [0.25, 0.3) is 54.6 Å². The second-order valence-electron chi connectivity index (χ2n) is 10.5. The van der Waals surface area contributed by atoms with Gasteiger partial charge in [-0.3, -0.25) is 0 Å². The average Bonchev–Trinajstić information content (AvgIpc) is 3.39. The lowest BCUT2D eigenvalue weighted by Crippen LogP contribution is -1.96. The highest BCUT2D eigenvalue weighted by Crippen LogP contribution is 2.49. The van der Waals surface area contributed by atoms with Gasteiger partial charge in [-0.15, -0.1) is 0 Å². The SMILES string of the molecule is c1ccc(C2=C(c3c4ccccc4c(-c4ccc5ccccc5c4)c4ccccc34)c3ccccc3C2)cc1. The van der Waals surface area contributed by atoms with Crippen molar-refractivity contribution in [3.05, 3.63) is 168 Å². The van der Waals surface area contributed by atoms with E-state index in [1.54, 1.807) is 0 Å². The number of hydrogen-bond donors (Lipinski definition) is 0. The number of rotatable bonds is 3. The lowest BCUT2D eigenvalue weighted by molar-refractivity contribution is 1.32. The Morgan fingerprint density at radius 1 is 0.385 bits per heavy atom. The molecule has 0 atom stereocenters. The molecule has 8 rings (SSSR count). The molecule has 39 heavy (non-hydrogen) atoms. The summed E-state index contributed by atoms with van der Waals surface area (Å²) in [7, 11) is 0. The van der Waals surface area contributed by atoms with Gasteiger partial charge in [0.25, 0.3) is 0 Å². The van der Waals surface area contributed by atoms with Gasteiger partial charge >= 0.3 is 0 Å². The molecule has 0 radical (unpaired) electrons. The Hall–Kier alpha value is -4.94. The molecule has 1 aliphatic carbocycles. The van der Waals surface area contributed by atoms with E-state index in [0.29, 0.717) is 0 Å². The first-order valence-corrected chi connectivity index (χ1v) is 13.7. The molecule has 7 aromatic carbocycles. The molecule has 7 aromatic rings. The van der Waals surface area contributed by atoms with Gasteiger partial charge in [0.2, 0.25) is 0 Å². The van der Waals surface area contributed by atoms with Crippen molar-refractivity contribution in [1.82, 2.24) is 0 Å². The molecular formula is C39H26. The summed E-state index contributed by atoms with van der Waals surface area (Å²) in [6, 6.07) is 53.4. The molecule has 0 amide bonds. The molecule has 182 valence electrons. The van der Waals surface area contributed by atoms with E-state index < -0.39 is 0 Å². The maximum absolute atomic E-state index is 2.35. The first-order chi connectivity index (χ1) is 19.4. The van der Waals surface area contributed by atoms with Crippen molar-refractivity contribution in [2.75, 3.05) is 0 Å². The monoisotopic (exact) mass is 494 g/mol. The number of allylic oxidation sites excluding steroid dienone is 1. The Morgan fingerprint density at radius 2 is 0.949 bits per heavy atom. The van der Waals surface area contributed by atoms with E-state index in [0.717, 1.165) is 6.42 Å². The minimum atomic E-state index is 0.949. The number of hydrogen-bond acceptors (Lipinski definition) is 0. The zero-order chi connectivity index (χ0) is 25.8. The van der Waals surface area contributed by atoms with Crippen LogP contribution in [-0.2, 0) is 6.42 Å². The van der Waals surface area contributed by atoms with Crippen LogP contribution in [0.5, 0.6) is 0 Å². The normalized spacial score (nSPS) is 12.9. The summed E-state index contributed by atoms with van der Waals surface area (Å²) in [6.45, 7) is 0. The lowest BCUT2D eigenvalue weighted by atomic mass is 9.83. The third-order valence-electron chi connectivity index (χ3n) is 8.30. The van der Waals surface area contributed by atoms with Gasteiger partial charge in [0.05, 0.1) is 0 Å². The van der Waals surface area contributed by atoms with E-state index >= 15 is 0 Å². The van der Waals surface area contributed by atoms with Crippen molar-refractivity contribution in [1.29, 1.82) is 0 Å². The summed E-state index contributed by atoms with van der Waals surface area (Å²) >= 11 is 0. The van der Waals surface area contributed by atoms with E-state index in [4.69, 9.17) is 0 Å². The largest absolute Gasteiger partial charge is 0.0622 e. The van der Waals surface area contributed by atoms with Crippen LogP contribution in [0, 0.1) is 0 Å². The van der Waals surface area contributed by atoms with Gasteiger partial charge in [0.1, 0.15) is 0 Å². The fourth-order valence-electron chi connectivity index (χ4n) is 6.58. The summed E-state index contributed by atoms with van der Waals surface area (Å²) < 4.78 is 0. The average molecular weight is 495 g/mol. The molecular weight excluding hydrogens is 468 g/mol. The standard InChI is InChI=1S/C39H26/c1-2-13-27(14-3-1)36-25-29-16-6-7-17-31(29)38(36)39-34-20-10-8-18-32(34)37(33-19-9-11-21-35(33)39)30-23-22-26-12-4-5-15-28(26)24-30/h1-24H,25H2. The first kappa shape index (κ1) is 22.1. The molecule has 0 spiro atoms. The van der Waals surface area contributed by atoms with E-state index in [9.17, 15) is 0 Å². The van der Waals surface area contributed by atoms with E-state index in [-0.39, 0.29) is 0 Å². The van der Waals surface area contributed by atoms with Crippen molar-refractivity contribution in [2.24, 2.45) is 0 Å². The highest BCUT2D eigenvalue weighted by molar-refractivity contribution is 6.23. The molecule has 0 bridgehead atoms. The maximum Gasteiger partial charge on any atom is -0.000727 e. The van der Waals surface area contributed by atoms with Crippen LogP contribution in [0.4, 0.5) is 0 Å². The van der Waals surface area contributed by atoms with Crippen LogP contribution >= 0.6 is 0 Å². The second kappa shape index (κ2) is 8.82. The number of benzene rings is 7. The maximum atomic E-state index is 2.35. The summed E-state index contributed by atoms with van der Waals surface area (Å²) in [5.41, 5.74) is 10.7. The van der Waals surface area contributed by atoms with Crippen LogP contribution in [0.3, 0.4) is 0 Å². The summed E-state index contributed by atoms with van der Waals surface area (Å²) in [6.07, 6.45) is 0.949. The number of fused-ring (bicyclic) bond motifs is 4. The van der Waals surface area contributed by atoms with Gasteiger partial charge in [-0.25, -0.2) is 0 Å².